The van der Waals surface area contributed by atoms with Crippen molar-refractivity contribution in [2.75, 3.05) is 5.73 Å². The zero-order valence-electron chi connectivity index (χ0n) is 9.67. The molecule has 2 aromatic carbocycles. The Bertz CT molecular complexity index is 660. The van der Waals surface area contributed by atoms with E-state index in [4.69, 9.17) is 22.6 Å². The fraction of sp³-hybridized carbons (Fsp3) is 0.0714. The molecule has 90 valence electrons. The number of halogens is 2. The van der Waals surface area contributed by atoms with E-state index >= 15 is 0 Å². The third kappa shape index (κ3) is 2.03. The molecule has 0 bridgehead atoms. The Balaban J connectivity index is 2.65. The Morgan fingerprint density at radius 3 is 2.61 bits per heavy atom. The topological polar surface area (TPSA) is 49.8 Å². The fourth-order valence-electron chi connectivity index (χ4n) is 1.86. The highest BCUT2D eigenvalue weighted by Crippen LogP contribution is 2.30. The van der Waals surface area contributed by atoms with E-state index < -0.39 is 5.82 Å². The zero-order chi connectivity index (χ0) is 13.3. The molecule has 2 rings (SSSR count). The van der Waals surface area contributed by atoms with Gasteiger partial charge in [-0.25, -0.2) is 4.39 Å². The van der Waals surface area contributed by atoms with Crippen molar-refractivity contribution in [1.29, 1.82) is 5.26 Å². The summed E-state index contributed by atoms with van der Waals surface area (Å²) in [6, 6.07) is 10.0. The van der Waals surface area contributed by atoms with Gasteiger partial charge in [0.2, 0.25) is 0 Å². The fourth-order valence-corrected chi connectivity index (χ4v) is 2.04. The van der Waals surface area contributed by atoms with Crippen LogP contribution in [0.4, 0.5) is 10.1 Å². The number of nitrogen functional groups attached to an aromatic ring is 1. The van der Waals surface area contributed by atoms with Crippen LogP contribution in [0.1, 0.15) is 11.1 Å². The molecule has 0 saturated heterocycles. The number of nitriles is 1. The van der Waals surface area contributed by atoms with Gasteiger partial charge in [-0.3, -0.25) is 0 Å². The van der Waals surface area contributed by atoms with Crippen molar-refractivity contribution in [3.05, 3.63) is 52.3 Å². The number of hydrogen-bond acceptors (Lipinski definition) is 2. The summed E-state index contributed by atoms with van der Waals surface area (Å²) < 4.78 is 13.1. The van der Waals surface area contributed by atoms with Crippen molar-refractivity contribution in [2.24, 2.45) is 0 Å². The predicted molar refractivity (Wildman–Crippen MR) is 70.7 cm³/mol. The molecule has 0 aromatic heterocycles. The Morgan fingerprint density at radius 2 is 2.00 bits per heavy atom. The number of benzene rings is 2. The van der Waals surface area contributed by atoms with Gasteiger partial charge in [0.25, 0.3) is 0 Å². The van der Waals surface area contributed by atoms with E-state index in [9.17, 15) is 4.39 Å². The maximum atomic E-state index is 13.1. The first kappa shape index (κ1) is 12.4. The summed E-state index contributed by atoms with van der Waals surface area (Å²) in [5, 5.41) is 9.11. The monoisotopic (exact) mass is 260 g/mol. The molecule has 2 nitrogen and oxygen atoms in total. The molecule has 0 saturated carbocycles. The average molecular weight is 261 g/mol. The summed E-state index contributed by atoms with van der Waals surface area (Å²) in [6.07, 6.45) is 0. The molecule has 0 aliphatic carbocycles. The molecule has 0 aliphatic heterocycles. The van der Waals surface area contributed by atoms with Crippen LogP contribution in [0.5, 0.6) is 0 Å². The molecular weight excluding hydrogens is 251 g/mol. The molecule has 0 radical (unpaired) electrons. The third-order valence-corrected chi connectivity index (χ3v) is 3.13. The number of nitrogens with two attached hydrogens (primary N) is 1. The molecule has 0 amide bonds. The van der Waals surface area contributed by atoms with Crippen LogP contribution in [0.3, 0.4) is 0 Å². The lowest BCUT2D eigenvalue weighted by Crippen LogP contribution is -1.95. The van der Waals surface area contributed by atoms with Crippen LogP contribution in [-0.4, -0.2) is 0 Å². The average Bonchev–Trinajstić information content (AvgIpc) is 2.34. The first-order valence-electron chi connectivity index (χ1n) is 5.29. The largest absolute Gasteiger partial charge is 0.398 e. The summed E-state index contributed by atoms with van der Waals surface area (Å²) in [5.74, 6) is -0.464. The van der Waals surface area contributed by atoms with E-state index in [1.54, 1.807) is 18.2 Å². The van der Waals surface area contributed by atoms with Gasteiger partial charge in [0.15, 0.2) is 0 Å². The van der Waals surface area contributed by atoms with Gasteiger partial charge in [-0.1, -0.05) is 23.7 Å². The van der Waals surface area contributed by atoms with Crippen LogP contribution in [0.2, 0.25) is 5.02 Å². The highest BCUT2D eigenvalue weighted by molar-refractivity contribution is 6.31. The van der Waals surface area contributed by atoms with Crippen molar-refractivity contribution in [3.63, 3.8) is 0 Å². The maximum absolute atomic E-state index is 13.1. The maximum Gasteiger partial charge on any atom is 0.141 e. The van der Waals surface area contributed by atoms with Gasteiger partial charge >= 0.3 is 0 Å². The lowest BCUT2D eigenvalue weighted by atomic mass is 9.96. The second kappa shape index (κ2) is 4.67. The van der Waals surface area contributed by atoms with Gasteiger partial charge in [-0.15, -0.1) is 0 Å². The Hall–Kier alpha value is -2.05. The normalized spacial score (nSPS) is 10.1. The van der Waals surface area contributed by atoms with Crippen molar-refractivity contribution >= 4 is 17.3 Å². The lowest BCUT2D eigenvalue weighted by molar-refractivity contribution is 0.628. The second-order valence-electron chi connectivity index (χ2n) is 3.94. The Morgan fingerprint density at radius 1 is 1.28 bits per heavy atom. The molecule has 0 atom stereocenters. The van der Waals surface area contributed by atoms with Crippen LogP contribution in [-0.2, 0) is 0 Å². The summed E-state index contributed by atoms with van der Waals surface area (Å²) in [5.41, 5.74) is 8.94. The van der Waals surface area contributed by atoms with Crippen LogP contribution in [0.15, 0.2) is 30.3 Å². The number of nitrogens with zero attached hydrogens (tertiary/aromatic N) is 1. The summed E-state index contributed by atoms with van der Waals surface area (Å²) in [7, 11) is 0. The molecule has 0 aliphatic rings. The van der Waals surface area contributed by atoms with Gasteiger partial charge < -0.3 is 5.73 Å². The lowest BCUT2D eigenvalue weighted by Gasteiger charge is -2.10. The summed E-state index contributed by atoms with van der Waals surface area (Å²) in [6.45, 7) is 1.81. The molecule has 2 aromatic rings. The number of anilines is 1. The zero-order valence-corrected chi connectivity index (χ0v) is 10.4. The minimum Gasteiger partial charge on any atom is -0.398 e. The van der Waals surface area contributed by atoms with Crippen LogP contribution >= 0.6 is 11.6 Å². The minimum absolute atomic E-state index is 0.0576. The molecule has 0 unspecified atom stereocenters. The van der Waals surface area contributed by atoms with E-state index in [-0.39, 0.29) is 5.02 Å². The molecule has 2 N–H and O–H groups in total. The smallest absolute Gasteiger partial charge is 0.141 e. The molecular formula is C14H10ClFN2. The van der Waals surface area contributed by atoms with Crippen molar-refractivity contribution in [3.8, 4) is 17.2 Å². The SMILES string of the molecule is Cc1c(-c2ccc(F)c(Cl)c2)ccc(N)c1C#N. The van der Waals surface area contributed by atoms with Crippen molar-refractivity contribution in [1.82, 2.24) is 0 Å². The van der Waals surface area contributed by atoms with Crippen LogP contribution in [0, 0.1) is 24.1 Å². The van der Waals surface area contributed by atoms with E-state index in [0.29, 0.717) is 11.3 Å². The number of hydrogen-bond donors (Lipinski definition) is 1. The van der Waals surface area contributed by atoms with Crippen molar-refractivity contribution < 1.29 is 4.39 Å². The van der Waals surface area contributed by atoms with Crippen LogP contribution < -0.4 is 5.73 Å². The quantitative estimate of drug-likeness (QED) is 0.791. The van der Waals surface area contributed by atoms with E-state index in [2.05, 4.69) is 6.07 Å². The van der Waals surface area contributed by atoms with Gasteiger partial charge in [0, 0.05) is 5.69 Å². The molecule has 0 fully saturated rings. The minimum atomic E-state index is -0.464. The Labute approximate surface area is 109 Å². The third-order valence-electron chi connectivity index (χ3n) is 2.84. The van der Waals surface area contributed by atoms with E-state index in [1.807, 2.05) is 6.92 Å². The first-order chi connectivity index (χ1) is 8.54. The second-order valence-corrected chi connectivity index (χ2v) is 4.35. The van der Waals surface area contributed by atoms with Gasteiger partial charge in [-0.2, -0.15) is 5.26 Å². The molecule has 18 heavy (non-hydrogen) atoms. The summed E-state index contributed by atoms with van der Waals surface area (Å²) in [4.78, 5) is 0. The molecule has 4 heteroatoms. The predicted octanol–water partition coefficient (Wildman–Crippen LogP) is 3.91. The molecule has 0 heterocycles. The van der Waals surface area contributed by atoms with Crippen LogP contribution in [0.25, 0.3) is 11.1 Å². The van der Waals surface area contributed by atoms with E-state index in [0.717, 1.165) is 16.7 Å². The van der Waals surface area contributed by atoms with Gasteiger partial charge in [-0.05, 0) is 41.8 Å². The Kier molecular flexibility index (Phi) is 3.22. The highest BCUT2D eigenvalue weighted by atomic mass is 35.5. The standard InChI is InChI=1S/C14H10ClFN2/c1-8-10(3-5-14(18)11(8)7-17)9-2-4-13(16)12(15)6-9/h2-6H,18H2,1H3. The summed E-state index contributed by atoms with van der Waals surface area (Å²) >= 11 is 5.76. The van der Waals surface area contributed by atoms with Crippen molar-refractivity contribution in [2.45, 2.75) is 6.92 Å². The number of rotatable bonds is 1. The highest BCUT2D eigenvalue weighted by Gasteiger charge is 2.10. The van der Waals surface area contributed by atoms with Gasteiger partial charge in [0.05, 0.1) is 10.6 Å². The van der Waals surface area contributed by atoms with E-state index in [1.165, 1.54) is 12.1 Å². The molecule has 0 spiro atoms. The first-order valence-corrected chi connectivity index (χ1v) is 5.67. The van der Waals surface area contributed by atoms with Gasteiger partial charge in [0.1, 0.15) is 11.9 Å².